The summed E-state index contributed by atoms with van der Waals surface area (Å²) < 4.78 is 4.49. The molecule has 2 aromatic rings. The van der Waals surface area contributed by atoms with Crippen LogP contribution >= 0.6 is 0 Å². The summed E-state index contributed by atoms with van der Waals surface area (Å²) in [6.07, 6.45) is 0. The van der Waals surface area contributed by atoms with Gasteiger partial charge < -0.3 is 104 Å². The summed E-state index contributed by atoms with van der Waals surface area (Å²) in [5.41, 5.74) is 14.7. The molecule has 0 aliphatic rings. The maximum absolute atomic E-state index is 5.42. The standard InChI is InChI=1S/2C10H15.2C8H20S2Si2.Ir.2Re.Ru.4H2S/c2*1-6-7(2)9(4)10(5)8(6)3;2*1-11(2,3)7(9)8(10)12(4,5)6;;;;;;;;/h2*1-5H3;2*9-10H,1-6H3;;;;;4*1H2/q2*-1;;;;;;+5;;;;/p-8. The monoisotopic (exact) mass is 1540 g/mol. The van der Waals surface area contributed by atoms with Gasteiger partial charge in [-0.15, -0.1) is 0 Å². The van der Waals surface area contributed by atoms with Gasteiger partial charge in [0, 0.05) is 93.2 Å². The van der Waals surface area contributed by atoms with Gasteiger partial charge in [0.2, 0.25) is 0 Å². The van der Waals surface area contributed by atoms with Crippen LogP contribution in [-0.2, 0) is 185 Å². The molecule has 2 rings (SSSR count). The molecule has 0 spiro atoms. The van der Waals surface area contributed by atoms with Gasteiger partial charge in [0.1, 0.15) is 0 Å². The molecule has 314 valence electrons. The Morgan fingerprint density at radius 2 is 0.462 bits per heavy atom. The molecule has 0 fully saturated rings. The molecule has 0 unspecified atom stereocenters. The van der Waals surface area contributed by atoms with Crippen molar-refractivity contribution >= 4 is 137 Å². The zero-order valence-electron chi connectivity index (χ0n) is 35.9. The third kappa shape index (κ3) is 26.2. The minimum absolute atomic E-state index is 0. The van der Waals surface area contributed by atoms with Crippen LogP contribution in [0, 0.1) is 69.2 Å². The Labute approximate surface area is 432 Å². The fourth-order valence-corrected chi connectivity index (χ4v) is 15.1. The van der Waals surface area contributed by atoms with Gasteiger partial charge in [0.15, 0.2) is 0 Å². The average molecular weight is 1540 g/mol. The Morgan fingerprint density at radius 1 is 0.365 bits per heavy atom. The van der Waals surface area contributed by atoms with Crippen molar-refractivity contribution in [2.75, 3.05) is 0 Å². The molecule has 0 saturated heterocycles. The fourth-order valence-electron chi connectivity index (χ4n) is 4.17. The maximum Gasteiger partial charge on any atom is 5.00 e. The molecule has 0 saturated carbocycles. The fraction of sp³-hybridized carbons (Fsp3) is 0.611. The number of rotatable bonds is 4. The van der Waals surface area contributed by atoms with E-state index in [1.807, 2.05) is 0 Å². The van der Waals surface area contributed by atoms with E-state index in [9.17, 15) is 0 Å². The van der Waals surface area contributed by atoms with Crippen molar-refractivity contribution in [1.29, 1.82) is 0 Å². The summed E-state index contributed by atoms with van der Waals surface area (Å²) in [6.45, 7) is 49.2. The Kier molecular flexibility index (Phi) is 50.2. The van der Waals surface area contributed by atoms with Gasteiger partial charge in [-0.05, 0) is 0 Å². The average Bonchev–Trinajstić information content (AvgIpc) is 3.15. The third-order valence-corrected chi connectivity index (χ3v) is 24.9. The SMILES string of the molecule is C[Si](C)(C)C([S-])=C([S-])[Si](C)(C)C.C[Si](C)(C)C([S-])=C([S-])[Si](C)(C)C.Cc1c(C)c(C)[c-](C)c1C.Cc1c(C)c(C)[c-](C)c1C.[Ir].[Re].[Re].[Ru+5].[SH-].[SH-].[SH-].[SH-]. The summed E-state index contributed by atoms with van der Waals surface area (Å²) in [5.74, 6) is 0. The van der Waals surface area contributed by atoms with Gasteiger partial charge in [-0.1, -0.05) is 148 Å². The van der Waals surface area contributed by atoms with Crippen molar-refractivity contribution < 1.29 is 80.4 Å². The van der Waals surface area contributed by atoms with Gasteiger partial charge in [-0.2, -0.15) is 55.6 Å². The predicted octanol–water partition coefficient (Wildman–Crippen LogP) is 10.9. The first-order chi connectivity index (χ1) is 19.2. The predicted molar refractivity (Wildman–Crippen MR) is 263 cm³/mol. The molecule has 52 heavy (non-hydrogen) atoms. The zero-order chi connectivity index (χ0) is 36.1. The Bertz CT molecular complexity index is 1040. The van der Waals surface area contributed by atoms with Crippen LogP contribution < -0.4 is 0 Å². The van der Waals surface area contributed by atoms with Crippen LogP contribution in [0.4, 0.5) is 0 Å². The second-order valence-corrected chi connectivity index (χ2v) is 39.6. The van der Waals surface area contributed by atoms with E-state index in [0.29, 0.717) is 0 Å². The summed E-state index contributed by atoms with van der Waals surface area (Å²) >= 11 is 21.7. The normalized spacial score (nSPS) is 11.3. The molecule has 2 aromatic carbocycles. The molecule has 0 bridgehead atoms. The van der Waals surface area contributed by atoms with E-state index in [2.05, 4.69) is 148 Å². The van der Waals surface area contributed by atoms with Crippen LogP contribution in [-0.4, -0.2) is 32.3 Å². The molecule has 4 radical (unpaired) electrons. The van der Waals surface area contributed by atoms with Crippen molar-refractivity contribution in [3.8, 4) is 0 Å². The first-order valence-electron chi connectivity index (χ1n) is 15.8. The Hall–Kier alpha value is 3.92. The zero-order valence-corrected chi connectivity index (χ0v) is 56.3. The Balaban J connectivity index is -0.0000000539. The van der Waals surface area contributed by atoms with Gasteiger partial charge in [0.05, 0.1) is 0 Å². The smallest absolute Gasteiger partial charge is 0.813 e. The van der Waals surface area contributed by atoms with E-state index in [1.54, 1.807) is 0 Å². The van der Waals surface area contributed by atoms with Crippen molar-refractivity contribution in [3.05, 3.63) is 73.7 Å². The first-order valence-corrected chi connectivity index (χ1v) is 31.4. The largest absolute Gasteiger partial charge is 5.00 e. The van der Waals surface area contributed by atoms with Crippen molar-refractivity contribution in [1.82, 2.24) is 0 Å². The van der Waals surface area contributed by atoms with E-state index in [0.717, 1.165) is 18.1 Å². The van der Waals surface area contributed by atoms with Crippen molar-refractivity contribution in [3.63, 3.8) is 0 Å². The summed E-state index contributed by atoms with van der Waals surface area (Å²) in [6, 6.07) is 0. The van der Waals surface area contributed by atoms with Crippen molar-refractivity contribution in [2.24, 2.45) is 0 Å². The van der Waals surface area contributed by atoms with Crippen LogP contribution in [0.3, 0.4) is 0 Å². The van der Waals surface area contributed by atoms with Gasteiger partial charge >= 0.3 is 19.5 Å². The first kappa shape index (κ1) is 80.0. The van der Waals surface area contributed by atoms with Crippen LogP contribution in [0.25, 0.3) is 0 Å². The molecule has 0 nitrogen and oxygen atoms in total. The molecule has 0 aliphatic heterocycles. The van der Waals surface area contributed by atoms with E-state index < -0.39 is 32.3 Å². The minimum Gasteiger partial charge on any atom is -0.813 e. The molecule has 0 N–H and O–H groups in total. The molecular weight excluding hydrogens is 1470 g/mol. The second-order valence-electron chi connectivity index (χ2n) is 16.6. The van der Waals surface area contributed by atoms with Gasteiger partial charge in [-0.3, -0.25) is 0 Å². The van der Waals surface area contributed by atoms with Crippen molar-refractivity contribution in [2.45, 2.75) is 148 Å². The van der Waals surface area contributed by atoms with Gasteiger partial charge in [-0.25, -0.2) is 18.1 Å². The van der Waals surface area contributed by atoms with E-state index >= 15 is 0 Å². The van der Waals surface area contributed by atoms with Crippen LogP contribution in [0.15, 0.2) is 18.1 Å². The molecular formula is C36H70IrRe2RuS8Si4-5. The van der Waals surface area contributed by atoms with E-state index in [1.165, 1.54) is 55.6 Å². The van der Waals surface area contributed by atoms with Gasteiger partial charge in [0.25, 0.3) is 0 Å². The second kappa shape index (κ2) is 32.7. The maximum atomic E-state index is 5.42. The quantitative estimate of drug-likeness (QED) is 0.127. The topological polar surface area (TPSA) is 0 Å². The number of thiol groups is 4. The molecule has 0 aliphatic carbocycles. The summed E-state index contributed by atoms with van der Waals surface area (Å²) in [7, 11) is -5.23. The summed E-state index contributed by atoms with van der Waals surface area (Å²) in [5, 5.41) is 0. The molecule has 0 heterocycles. The molecule has 0 amide bonds. The number of hydrogen-bond donors (Lipinski definition) is 0. The molecule has 0 aromatic heterocycles. The number of hydrogen-bond acceptors (Lipinski definition) is 8. The summed E-state index contributed by atoms with van der Waals surface area (Å²) in [4.78, 5) is 0. The van der Waals surface area contributed by atoms with Crippen LogP contribution in [0.5, 0.6) is 0 Å². The minimum atomic E-state index is -1.31. The van der Waals surface area contributed by atoms with Crippen LogP contribution in [0.2, 0.25) is 78.6 Å². The molecule has 16 heteroatoms. The van der Waals surface area contributed by atoms with Crippen LogP contribution in [0.1, 0.15) is 55.6 Å². The Morgan fingerprint density at radius 3 is 0.500 bits per heavy atom. The van der Waals surface area contributed by atoms with E-state index in [4.69, 9.17) is 50.5 Å². The third-order valence-electron chi connectivity index (χ3n) is 8.76. The molecule has 0 atom stereocenters. The van der Waals surface area contributed by atoms with E-state index in [-0.39, 0.29) is 134 Å².